The highest BCUT2D eigenvalue weighted by atomic mass is 16.1. The maximum atomic E-state index is 11.7. The van der Waals surface area contributed by atoms with E-state index < -0.39 is 0 Å². The van der Waals surface area contributed by atoms with Crippen LogP contribution in [-0.2, 0) is 17.9 Å². The average molecular weight is 255 g/mol. The molecule has 3 heteroatoms. The minimum Gasteiger partial charge on any atom is -0.352 e. The van der Waals surface area contributed by atoms with Gasteiger partial charge in [-0.1, -0.05) is 30.3 Å². The van der Waals surface area contributed by atoms with Gasteiger partial charge >= 0.3 is 0 Å². The molecule has 0 aliphatic rings. The molecule has 0 fully saturated rings. The van der Waals surface area contributed by atoms with Crippen LogP contribution in [0.4, 0.5) is 0 Å². The molecule has 3 nitrogen and oxygen atoms in total. The van der Waals surface area contributed by atoms with E-state index >= 15 is 0 Å². The number of benzene rings is 1. The van der Waals surface area contributed by atoms with Crippen LogP contribution in [0, 0.1) is 6.92 Å². The van der Waals surface area contributed by atoms with Gasteiger partial charge in [0.25, 0.3) is 0 Å². The molecule has 19 heavy (non-hydrogen) atoms. The summed E-state index contributed by atoms with van der Waals surface area (Å²) in [5, 5.41) is 2.93. The fourth-order valence-electron chi connectivity index (χ4n) is 1.80. The molecular formula is C16H19N2O+. The van der Waals surface area contributed by atoms with E-state index in [0.29, 0.717) is 19.5 Å². The minimum atomic E-state index is 0.0805. The summed E-state index contributed by atoms with van der Waals surface area (Å²) in [7, 11) is 0. The first-order chi connectivity index (χ1) is 9.24. The topological polar surface area (TPSA) is 33.0 Å². The lowest BCUT2D eigenvalue weighted by Gasteiger charge is -2.04. The Labute approximate surface area is 113 Å². The molecule has 0 aliphatic carbocycles. The van der Waals surface area contributed by atoms with Gasteiger partial charge in [0.15, 0.2) is 18.9 Å². The van der Waals surface area contributed by atoms with Crippen molar-refractivity contribution in [3.05, 3.63) is 66.0 Å². The van der Waals surface area contributed by atoms with E-state index in [1.165, 1.54) is 5.56 Å². The molecule has 0 bridgehead atoms. The maximum absolute atomic E-state index is 11.7. The Morgan fingerprint density at radius 3 is 2.47 bits per heavy atom. The number of aryl methyl sites for hydroxylation is 2. The quantitative estimate of drug-likeness (QED) is 0.814. The molecular weight excluding hydrogens is 236 g/mol. The fraction of sp³-hybridized carbons (Fsp3) is 0.250. The van der Waals surface area contributed by atoms with Crippen molar-refractivity contribution in [2.75, 3.05) is 0 Å². The number of pyridine rings is 1. The number of hydrogen-bond donors (Lipinski definition) is 1. The van der Waals surface area contributed by atoms with Gasteiger partial charge in [-0.25, -0.2) is 4.57 Å². The molecule has 2 rings (SSSR count). The van der Waals surface area contributed by atoms with Gasteiger partial charge in [-0.3, -0.25) is 4.79 Å². The van der Waals surface area contributed by atoms with Crippen LogP contribution in [0.3, 0.4) is 0 Å². The summed E-state index contributed by atoms with van der Waals surface area (Å²) in [5.74, 6) is 0.0805. The number of amides is 1. The van der Waals surface area contributed by atoms with Gasteiger partial charge in [0, 0.05) is 18.7 Å². The molecule has 1 heterocycles. The smallest absolute Gasteiger partial charge is 0.226 e. The van der Waals surface area contributed by atoms with Crippen molar-refractivity contribution < 1.29 is 9.36 Å². The molecule has 2 aromatic rings. The lowest BCUT2D eigenvalue weighted by Crippen LogP contribution is -2.36. The zero-order valence-electron chi connectivity index (χ0n) is 11.2. The minimum absolute atomic E-state index is 0.0805. The summed E-state index contributed by atoms with van der Waals surface area (Å²) >= 11 is 0. The summed E-state index contributed by atoms with van der Waals surface area (Å²) in [4.78, 5) is 11.7. The van der Waals surface area contributed by atoms with Crippen LogP contribution in [0.5, 0.6) is 0 Å². The number of hydrogen-bond acceptors (Lipinski definition) is 1. The second-order valence-corrected chi connectivity index (χ2v) is 4.63. The van der Waals surface area contributed by atoms with E-state index in [9.17, 15) is 4.79 Å². The molecule has 1 aromatic carbocycles. The number of carbonyl (C=O) groups is 1. The summed E-state index contributed by atoms with van der Waals surface area (Å²) in [6.07, 6.45) is 4.50. The third-order valence-electron chi connectivity index (χ3n) is 2.99. The van der Waals surface area contributed by atoms with Crippen LogP contribution >= 0.6 is 0 Å². The van der Waals surface area contributed by atoms with Gasteiger partial charge < -0.3 is 5.32 Å². The van der Waals surface area contributed by atoms with Crippen molar-refractivity contribution in [3.63, 3.8) is 0 Å². The standard InChI is InChI=1S/C16H18N2O/c1-14-7-10-18(11-8-14)12-9-16(19)17-13-15-5-3-2-4-6-15/h2-8,10-11H,9,12-13H2,1H3/p+1. The highest BCUT2D eigenvalue weighted by Gasteiger charge is 2.05. The first-order valence-electron chi connectivity index (χ1n) is 6.50. The predicted molar refractivity (Wildman–Crippen MR) is 74.3 cm³/mol. The third kappa shape index (κ3) is 4.54. The van der Waals surface area contributed by atoms with Crippen LogP contribution < -0.4 is 9.88 Å². The average Bonchev–Trinajstić information content (AvgIpc) is 2.45. The van der Waals surface area contributed by atoms with E-state index in [2.05, 4.69) is 12.2 Å². The molecule has 1 N–H and O–H groups in total. The van der Waals surface area contributed by atoms with Crippen LogP contribution in [0.25, 0.3) is 0 Å². The molecule has 1 aromatic heterocycles. The molecule has 98 valence electrons. The van der Waals surface area contributed by atoms with Gasteiger partial charge in [0.05, 0.1) is 6.42 Å². The van der Waals surface area contributed by atoms with Crippen LogP contribution in [0.1, 0.15) is 17.5 Å². The van der Waals surface area contributed by atoms with Crippen LogP contribution in [-0.4, -0.2) is 5.91 Å². The van der Waals surface area contributed by atoms with Gasteiger partial charge in [-0.2, -0.15) is 0 Å². The zero-order valence-corrected chi connectivity index (χ0v) is 11.2. The van der Waals surface area contributed by atoms with Crippen LogP contribution in [0.2, 0.25) is 0 Å². The predicted octanol–water partition coefficient (Wildman–Crippen LogP) is 1.99. The Balaban J connectivity index is 1.74. The summed E-state index contributed by atoms with van der Waals surface area (Å²) in [6.45, 7) is 3.36. The van der Waals surface area contributed by atoms with E-state index in [4.69, 9.17) is 0 Å². The van der Waals surface area contributed by atoms with E-state index in [0.717, 1.165) is 5.56 Å². The largest absolute Gasteiger partial charge is 0.352 e. The number of nitrogens with zero attached hydrogens (tertiary/aromatic N) is 1. The third-order valence-corrected chi connectivity index (χ3v) is 2.99. The molecule has 0 unspecified atom stereocenters. The second-order valence-electron chi connectivity index (χ2n) is 4.63. The van der Waals surface area contributed by atoms with Gasteiger partial charge in [-0.15, -0.1) is 0 Å². The van der Waals surface area contributed by atoms with Gasteiger partial charge in [0.1, 0.15) is 0 Å². The molecule has 0 saturated heterocycles. The molecule has 0 radical (unpaired) electrons. The Morgan fingerprint density at radius 1 is 1.11 bits per heavy atom. The van der Waals surface area contributed by atoms with E-state index in [-0.39, 0.29) is 5.91 Å². The Hall–Kier alpha value is -2.16. The summed E-state index contributed by atoms with van der Waals surface area (Å²) in [5.41, 5.74) is 2.35. The van der Waals surface area contributed by atoms with Crippen molar-refractivity contribution in [1.29, 1.82) is 0 Å². The number of rotatable bonds is 5. The normalized spacial score (nSPS) is 10.2. The Kier molecular flexibility index (Phi) is 4.67. The maximum Gasteiger partial charge on any atom is 0.226 e. The first-order valence-corrected chi connectivity index (χ1v) is 6.50. The van der Waals surface area contributed by atoms with Crippen molar-refractivity contribution in [3.8, 4) is 0 Å². The zero-order chi connectivity index (χ0) is 13.5. The molecule has 0 spiro atoms. The van der Waals surface area contributed by atoms with E-state index in [1.807, 2.05) is 59.4 Å². The Bertz CT molecular complexity index is 520. The lowest BCUT2D eigenvalue weighted by atomic mass is 10.2. The highest BCUT2D eigenvalue weighted by molar-refractivity contribution is 5.75. The Morgan fingerprint density at radius 2 is 1.79 bits per heavy atom. The van der Waals surface area contributed by atoms with Crippen molar-refractivity contribution in [2.24, 2.45) is 0 Å². The van der Waals surface area contributed by atoms with Crippen molar-refractivity contribution in [1.82, 2.24) is 5.32 Å². The van der Waals surface area contributed by atoms with Gasteiger partial charge in [-0.05, 0) is 18.1 Å². The number of carbonyl (C=O) groups excluding carboxylic acids is 1. The SMILES string of the molecule is Cc1cc[n+](CCC(=O)NCc2ccccc2)cc1. The molecule has 1 amide bonds. The second kappa shape index (κ2) is 6.69. The highest BCUT2D eigenvalue weighted by Crippen LogP contribution is 1.97. The lowest BCUT2D eigenvalue weighted by molar-refractivity contribution is -0.695. The fourth-order valence-corrected chi connectivity index (χ4v) is 1.80. The molecule has 0 saturated carbocycles. The monoisotopic (exact) mass is 255 g/mol. The number of aromatic nitrogens is 1. The molecule has 0 atom stereocenters. The van der Waals surface area contributed by atoms with Crippen molar-refractivity contribution in [2.45, 2.75) is 26.4 Å². The van der Waals surface area contributed by atoms with Crippen molar-refractivity contribution >= 4 is 5.91 Å². The first kappa shape index (κ1) is 13.3. The summed E-state index contributed by atoms with van der Waals surface area (Å²) in [6, 6.07) is 14.0. The molecule has 0 aliphatic heterocycles. The number of nitrogens with one attached hydrogen (secondary N) is 1. The van der Waals surface area contributed by atoms with Gasteiger partial charge in [0.2, 0.25) is 5.91 Å². The summed E-state index contributed by atoms with van der Waals surface area (Å²) < 4.78 is 2.02. The van der Waals surface area contributed by atoms with E-state index in [1.54, 1.807) is 0 Å². The van der Waals surface area contributed by atoms with Crippen LogP contribution in [0.15, 0.2) is 54.9 Å².